The zero-order valence-electron chi connectivity index (χ0n) is 11.5. The van der Waals surface area contributed by atoms with E-state index in [4.69, 9.17) is 0 Å². The van der Waals surface area contributed by atoms with Crippen LogP contribution < -0.4 is 10.6 Å². The number of nitrogens with zero attached hydrogens (tertiary/aromatic N) is 2. The van der Waals surface area contributed by atoms with Crippen molar-refractivity contribution < 1.29 is 19.5 Å². The van der Waals surface area contributed by atoms with Crippen LogP contribution in [0.15, 0.2) is 12.5 Å². The third kappa shape index (κ3) is 3.50. The fourth-order valence-corrected chi connectivity index (χ4v) is 2.11. The largest absolute Gasteiger partial charge is 0.480 e. The fraction of sp³-hybridized carbons (Fsp3) is 0.500. The van der Waals surface area contributed by atoms with Crippen molar-refractivity contribution >= 4 is 17.9 Å². The van der Waals surface area contributed by atoms with E-state index in [0.717, 1.165) is 0 Å². The van der Waals surface area contributed by atoms with E-state index in [1.807, 2.05) is 0 Å². The number of aromatic nitrogens is 2. The molecule has 0 bridgehead atoms. The lowest BCUT2D eigenvalue weighted by atomic mass is 10.1. The van der Waals surface area contributed by atoms with Crippen molar-refractivity contribution in [2.75, 3.05) is 13.1 Å². The second-order valence-corrected chi connectivity index (χ2v) is 4.78. The lowest BCUT2D eigenvalue weighted by molar-refractivity contribution is -0.139. The van der Waals surface area contributed by atoms with Gasteiger partial charge in [0, 0.05) is 31.4 Å². The molecular weight excluding hydrogens is 278 g/mol. The van der Waals surface area contributed by atoms with E-state index in [2.05, 4.69) is 20.6 Å². The van der Waals surface area contributed by atoms with Crippen LogP contribution in [0.5, 0.6) is 0 Å². The minimum atomic E-state index is -1.15. The van der Waals surface area contributed by atoms with Gasteiger partial charge in [-0.2, -0.15) is 0 Å². The molecule has 0 saturated carbocycles. The first kappa shape index (κ1) is 14.8. The highest BCUT2D eigenvalue weighted by Crippen LogP contribution is 2.06. The van der Waals surface area contributed by atoms with Gasteiger partial charge in [-0.25, -0.2) is 14.6 Å². The number of rotatable bonds is 4. The Kier molecular flexibility index (Phi) is 4.41. The number of carbonyl (C=O) groups excluding carboxylic acids is 2. The molecule has 9 heteroatoms. The Morgan fingerprint density at radius 3 is 3.00 bits per heavy atom. The Hall–Kier alpha value is -2.58. The zero-order valence-corrected chi connectivity index (χ0v) is 11.5. The number of amides is 3. The van der Waals surface area contributed by atoms with Crippen molar-refractivity contribution in [3.05, 3.63) is 18.2 Å². The number of hydrogen-bond acceptors (Lipinski definition) is 4. The van der Waals surface area contributed by atoms with Crippen LogP contribution in [0.4, 0.5) is 4.79 Å². The average molecular weight is 295 g/mol. The van der Waals surface area contributed by atoms with Crippen molar-refractivity contribution in [1.29, 1.82) is 0 Å². The molecule has 21 heavy (non-hydrogen) atoms. The number of urea groups is 1. The number of H-pyrrole nitrogens is 1. The monoisotopic (exact) mass is 295 g/mol. The number of hydrogen-bond donors (Lipinski definition) is 4. The summed E-state index contributed by atoms with van der Waals surface area (Å²) >= 11 is 0. The highest BCUT2D eigenvalue weighted by molar-refractivity contribution is 5.89. The molecule has 1 saturated heterocycles. The van der Waals surface area contributed by atoms with Gasteiger partial charge in [0.15, 0.2) is 0 Å². The molecule has 3 amide bonds. The van der Waals surface area contributed by atoms with Gasteiger partial charge in [-0.15, -0.1) is 0 Å². The van der Waals surface area contributed by atoms with Crippen molar-refractivity contribution in [3.63, 3.8) is 0 Å². The number of imidazole rings is 1. The van der Waals surface area contributed by atoms with Gasteiger partial charge in [-0.05, 0) is 6.92 Å². The molecule has 1 aliphatic rings. The molecule has 114 valence electrons. The maximum Gasteiger partial charge on any atom is 0.326 e. The fourth-order valence-electron chi connectivity index (χ4n) is 2.11. The van der Waals surface area contributed by atoms with Crippen LogP contribution in [0.3, 0.4) is 0 Å². The average Bonchev–Trinajstić information content (AvgIpc) is 2.93. The van der Waals surface area contributed by atoms with Gasteiger partial charge in [0.1, 0.15) is 12.1 Å². The molecule has 2 rings (SSSR count). The second-order valence-electron chi connectivity index (χ2n) is 4.78. The number of aliphatic carboxylic acids is 1. The Balaban J connectivity index is 2.01. The maximum absolute atomic E-state index is 12.1. The first-order valence-corrected chi connectivity index (χ1v) is 6.54. The molecule has 0 spiro atoms. The molecular formula is C12H17N5O4. The molecule has 2 heterocycles. The summed E-state index contributed by atoms with van der Waals surface area (Å²) in [5.41, 5.74) is 0.604. The minimum absolute atomic E-state index is 0.0927. The Labute approximate surface area is 120 Å². The molecule has 0 aromatic carbocycles. The third-order valence-electron chi connectivity index (χ3n) is 3.33. The topological polar surface area (TPSA) is 127 Å². The molecule has 9 nitrogen and oxygen atoms in total. The molecule has 2 atom stereocenters. The van der Waals surface area contributed by atoms with E-state index < -0.39 is 24.1 Å². The van der Waals surface area contributed by atoms with E-state index in [0.29, 0.717) is 18.8 Å². The van der Waals surface area contributed by atoms with Crippen LogP contribution in [-0.2, 0) is 16.0 Å². The first-order chi connectivity index (χ1) is 9.99. The van der Waals surface area contributed by atoms with Crippen LogP contribution in [0.1, 0.15) is 12.6 Å². The maximum atomic E-state index is 12.1. The minimum Gasteiger partial charge on any atom is -0.480 e. The van der Waals surface area contributed by atoms with Gasteiger partial charge in [0.25, 0.3) is 0 Å². The molecule has 1 aromatic rings. The van der Waals surface area contributed by atoms with Crippen molar-refractivity contribution in [3.8, 4) is 0 Å². The third-order valence-corrected chi connectivity index (χ3v) is 3.33. The van der Waals surface area contributed by atoms with Gasteiger partial charge in [0.2, 0.25) is 5.91 Å². The zero-order chi connectivity index (χ0) is 15.4. The second kappa shape index (κ2) is 6.25. The highest BCUT2D eigenvalue weighted by Gasteiger charge is 2.31. The summed E-state index contributed by atoms with van der Waals surface area (Å²) in [4.78, 5) is 42.8. The Morgan fingerprint density at radius 2 is 2.38 bits per heavy atom. The Morgan fingerprint density at radius 1 is 1.62 bits per heavy atom. The summed E-state index contributed by atoms with van der Waals surface area (Å²) < 4.78 is 0. The predicted octanol–water partition coefficient (Wildman–Crippen LogP) is -1.06. The lowest BCUT2D eigenvalue weighted by Gasteiger charge is -2.33. The number of carboxylic acid groups (broad SMARTS) is 1. The predicted molar refractivity (Wildman–Crippen MR) is 71.4 cm³/mol. The van der Waals surface area contributed by atoms with Crippen LogP contribution in [-0.4, -0.2) is 63.1 Å². The van der Waals surface area contributed by atoms with Crippen LogP contribution >= 0.6 is 0 Å². The van der Waals surface area contributed by atoms with Gasteiger partial charge in [-0.3, -0.25) is 4.79 Å². The van der Waals surface area contributed by atoms with Crippen LogP contribution in [0.2, 0.25) is 0 Å². The summed E-state index contributed by atoms with van der Waals surface area (Å²) in [5, 5.41) is 14.3. The number of carbonyl (C=O) groups is 3. The number of piperazine rings is 1. The molecule has 1 aliphatic heterocycles. The summed E-state index contributed by atoms with van der Waals surface area (Å²) in [5.74, 6) is -1.40. The summed E-state index contributed by atoms with van der Waals surface area (Å²) in [6.07, 6.45) is 3.03. The summed E-state index contributed by atoms with van der Waals surface area (Å²) in [6, 6.07) is -2.28. The first-order valence-electron chi connectivity index (χ1n) is 6.54. The van der Waals surface area contributed by atoms with Crippen LogP contribution in [0.25, 0.3) is 0 Å². The number of aromatic amines is 1. The van der Waals surface area contributed by atoms with E-state index in [1.54, 1.807) is 6.92 Å². The summed E-state index contributed by atoms with van der Waals surface area (Å²) in [7, 11) is 0. The number of carboxylic acids is 1. The van der Waals surface area contributed by atoms with E-state index in [-0.39, 0.29) is 12.3 Å². The smallest absolute Gasteiger partial charge is 0.326 e. The van der Waals surface area contributed by atoms with Gasteiger partial charge in [0.05, 0.1) is 6.33 Å². The SMILES string of the molecule is CC1C(=O)NCCN1C(=O)NC(Cc1cnc[nH]1)C(=O)O. The van der Waals surface area contributed by atoms with Gasteiger partial charge in [-0.1, -0.05) is 0 Å². The quantitative estimate of drug-likeness (QED) is 0.563. The van der Waals surface area contributed by atoms with Crippen molar-refractivity contribution in [2.45, 2.75) is 25.4 Å². The van der Waals surface area contributed by atoms with E-state index >= 15 is 0 Å². The molecule has 4 N–H and O–H groups in total. The normalized spacial score (nSPS) is 19.8. The van der Waals surface area contributed by atoms with Crippen LogP contribution in [0, 0.1) is 0 Å². The molecule has 0 radical (unpaired) electrons. The summed E-state index contributed by atoms with van der Waals surface area (Å²) in [6.45, 7) is 2.29. The molecule has 0 aliphatic carbocycles. The molecule has 1 aromatic heterocycles. The standard InChI is InChI=1S/C12H17N5O4/c1-7-10(18)14-2-3-17(7)12(21)16-9(11(19)20)4-8-5-13-6-15-8/h5-7,9H,2-4H2,1H3,(H,13,15)(H,14,18)(H,16,21)(H,19,20). The Bertz CT molecular complexity index is 530. The van der Waals surface area contributed by atoms with Crippen molar-refractivity contribution in [2.24, 2.45) is 0 Å². The van der Waals surface area contributed by atoms with E-state index in [9.17, 15) is 19.5 Å². The van der Waals surface area contributed by atoms with Gasteiger partial charge < -0.3 is 25.6 Å². The van der Waals surface area contributed by atoms with Crippen molar-refractivity contribution in [1.82, 2.24) is 25.5 Å². The highest BCUT2D eigenvalue weighted by atomic mass is 16.4. The number of nitrogens with one attached hydrogen (secondary N) is 3. The van der Waals surface area contributed by atoms with Gasteiger partial charge >= 0.3 is 12.0 Å². The van der Waals surface area contributed by atoms with E-state index in [1.165, 1.54) is 17.4 Å². The lowest BCUT2D eigenvalue weighted by Crippen LogP contribution is -2.60. The molecule has 2 unspecified atom stereocenters. The molecule has 1 fully saturated rings.